The highest BCUT2D eigenvalue weighted by Gasteiger charge is 2.31. The summed E-state index contributed by atoms with van der Waals surface area (Å²) in [4.78, 5) is 0. The Morgan fingerprint density at radius 2 is 2.00 bits per heavy atom. The molecule has 2 unspecified atom stereocenters. The van der Waals surface area contributed by atoms with Gasteiger partial charge >= 0.3 is 0 Å². The monoisotopic (exact) mass is 152 g/mol. The maximum Gasteiger partial charge on any atom is 0.0955 e. The van der Waals surface area contributed by atoms with E-state index < -0.39 is 0 Å². The van der Waals surface area contributed by atoms with E-state index in [1.54, 1.807) is 0 Å². The van der Waals surface area contributed by atoms with Gasteiger partial charge in [-0.1, -0.05) is 20.8 Å². The van der Waals surface area contributed by atoms with Gasteiger partial charge in [-0.25, -0.2) is 0 Å². The van der Waals surface area contributed by atoms with Crippen molar-refractivity contribution in [3.63, 3.8) is 0 Å². The Hall–Kier alpha value is -0.550. The van der Waals surface area contributed by atoms with E-state index in [0.29, 0.717) is 11.5 Å². The first-order valence-corrected chi connectivity index (χ1v) is 4.19. The van der Waals surface area contributed by atoms with E-state index >= 15 is 0 Å². The number of hydrogen-bond donors (Lipinski definition) is 1. The summed E-state index contributed by atoms with van der Waals surface area (Å²) in [5.41, 5.74) is 0.297. The summed E-state index contributed by atoms with van der Waals surface area (Å²) in [6.45, 7) is 6.64. The van der Waals surface area contributed by atoms with Crippen molar-refractivity contribution in [2.75, 3.05) is 0 Å². The molecule has 0 amide bonds. The molecule has 0 aliphatic carbocycles. The Bertz CT molecular complexity index is 173. The second-order valence-corrected chi connectivity index (χ2v) is 4.34. The van der Waals surface area contributed by atoms with Crippen LogP contribution in [0.4, 0.5) is 0 Å². The van der Waals surface area contributed by atoms with Gasteiger partial charge in [-0.15, -0.1) is 0 Å². The lowest BCUT2D eigenvalue weighted by atomic mass is 9.86. The molecule has 1 N–H and O–H groups in total. The first-order chi connectivity index (χ1) is 5.04. The fourth-order valence-corrected chi connectivity index (χ4v) is 1.53. The lowest BCUT2D eigenvalue weighted by molar-refractivity contribution is 0.291. The number of nitriles is 1. The van der Waals surface area contributed by atoms with Crippen LogP contribution in [-0.2, 0) is 0 Å². The second-order valence-electron chi connectivity index (χ2n) is 4.34. The Balaban J connectivity index is 2.50. The van der Waals surface area contributed by atoms with Crippen LogP contribution in [0.15, 0.2) is 0 Å². The van der Waals surface area contributed by atoms with Crippen LogP contribution in [0.2, 0.25) is 0 Å². The van der Waals surface area contributed by atoms with Gasteiger partial charge < -0.3 is 0 Å². The molecule has 1 rings (SSSR count). The van der Waals surface area contributed by atoms with Crippen LogP contribution >= 0.6 is 0 Å². The third-order valence-electron chi connectivity index (χ3n) is 2.35. The lowest BCUT2D eigenvalue weighted by Crippen LogP contribution is -2.38. The van der Waals surface area contributed by atoms with Crippen molar-refractivity contribution in [2.45, 2.75) is 45.7 Å². The summed E-state index contributed by atoms with van der Waals surface area (Å²) in [6, 6.07) is 2.87. The molecule has 1 aliphatic heterocycles. The molecule has 0 aromatic carbocycles. The zero-order valence-corrected chi connectivity index (χ0v) is 7.52. The number of rotatable bonds is 0. The summed E-state index contributed by atoms with van der Waals surface area (Å²) in [5.74, 6) is 0. The average molecular weight is 152 g/mol. The van der Waals surface area contributed by atoms with Crippen LogP contribution < -0.4 is 5.32 Å². The summed E-state index contributed by atoms with van der Waals surface area (Å²) in [6.07, 6.45) is 2.15. The van der Waals surface area contributed by atoms with E-state index in [4.69, 9.17) is 5.26 Å². The topological polar surface area (TPSA) is 35.8 Å². The zero-order valence-electron chi connectivity index (χ0n) is 7.52. The van der Waals surface area contributed by atoms with E-state index in [-0.39, 0.29) is 6.04 Å². The van der Waals surface area contributed by atoms with Crippen LogP contribution in [0.3, 0.4) is 0 Å². The molecule has 2 atom stereocenters. The molecule has 2 nitrogen and oxygen atoms in total. The Morgan fingerprint density at radius 1 is 1.36 bits per heavy atom. The highest BCUT2D eigenvalue weighted by Crippen LogP contribution is 2.27. The van der Waals surface area contributed by atoms with E-state index in [1.807, 2.05) is 0 Å². The molecule has 1 heterocycles. The quantitative estimate of drug-likeness (QED) is 0.573. The Kier molecular flexibility index (Phi) is 2.20. The molecule has 11 heavy (non-hydrogen) atoms. The molecular weight excluding hydrogens is 136 g/mol. The van der Waals surface area contributed by atoms with Crippen molar-refractivity contribution in [3.8, 4) is 6.07 Å². The van der Waals surface area contributed by atoms with Crippen molar-refractivity contribution < 1.29 is 0 Å². The summed E-state index contributed by atoms with van der Waals surface area (Å²) < 4.78 is 0. The molecule has 0 saturated carbocycles. The average Bonchev–Trinajstić information content (AvgIpc) is 2.32. The summed E-state index contributed by atoms with van der Waals surface area (Å²) >= 11 is 0. The van der Waals surface area contributed by atoms with Crippen LogP contribution in [0.1, 0.15) is 33.6 Å². The van der Waals surface area contributed by atoms with Gasteiger partial charge in [-0.05, 0) is 18.3 Å². The standard InChI is InChI=1S/C9H16N2/c1-9(2,3)8-5-4-7(6-10)11-8/h7-8,11H,4-5H2,1-3H3. The number of nitrogens with one attached hydrogen (secondary N) is 1. The van der Waals surface area contributed by atoms with Crippen molar-refractivity contribution in [1.82, 2.24) is 5.32 Å². The van der Waals surface area contributed by atoms with Crippen LogP contribution in [0.5, 0.6) is 0 Å². The molecule has 62 valence electrons. The van der Waals surface area contributed by atoms with Crippen molar-refractivity contribution >= 4 is 0 Å². The molecule has 2 heteroatoms. The predicted octanol–water partition coefficient (Wildman–Crippen LogP) is 1.68. The van der Waals surface area contributed by atoms with E-state index in [2.05, 4.69) is 32.2 Å². The first-order valence-electron chi connectivity index (χ1n) is 4.19. The first kappa shape index (κ1) is 8.55. The van der Waals surface area contributed by atoms with E-state index in [9.17, 15) is 0 Å². The maximum absolute atomic E-state index is 8.64. The van der Waals surface area contributed by atoms with Crippen molar-refractivity contribution in [3.05, 3.63) is 0 Å². The fraction of sp³-hybridized carbons (Fsp3) is 0.889. The highest BCUT2D eigenvalue weighted by molar-refractivity contribution is 5.00. The molecule has 0 spiro atoms. The smallest absolute Gasteiger partial charge is 0.0955 e. The predicted molar refractivity (Wildman–Crippen MR) is 45.0 cm³/mol. The minimum atomic E-state index is 0.0965. The molecule has 0 aromatic rings. The van der Waals surface area contributed by atoms with E-state index in [0.717, 1.165) is 12.8 Å². The van der Waals surface area contributed by atoms with E-state index in [1.165, 1.54) is 0 Å². The minimum Gasteiger partial charge on any atom is -0.299 e. The van der Waals surface area contributed by atoms with Gasteiger partial charge in [0, 0.05) is 6.04 Å². The van der Waals surface area contributed by atoms with Crippen LogP contribution in [0, 0.1) is 16.7 Å². The highest BCUT2D eigenvalue weighted by atomic mass is 15.0. The third kappa shape index (κ3) is 1.94. The Morgan fingerprint density at radius 3 is 2.27 bits per heavy atom. The van der Waals surface area contributed by atoms with Gasteiger partial charge in [0.1, 0.15) is 0 Å². The molecule has 1 fully saturated rings. The van der Waals surface area contributed by atoms with Crippen molar-refractivity contribution in [1.29, 1.82) is 5.26 Å². The molecule has 1 aliphatic rings. The molecular formula is C9H16N2. The van der Waals surface area contributed by atoms with Gasteiger partial charge in [0.05, 0.1) is 12.1 Å². The van der Waals surface area contributed by atoms with Gasteiger partial charge in [0.15, 0.2) is 0 Å². The summed E-state index contributed by atoms with van der Waals surface area (Å²) in [5, 5.41) is 12.0. The lowest BCUT2D eigenvalue weighted by Gasteiger charge is -2.26. The van der Waals surface area contributed by atoms with Crippen LogP contribution in [0.25, 0.3) is 0 Å². The normalized spacial score (nSPS) is 31.8. The number of hydrogen-bond acceptors (Lipinski definition) is 2. The summed E-state index contributed by atoms with van der Waals surface area (Å²) in [7, 11) is 0. The number of nitrogens with zero attached hydrogens (tertiary/aromatic N) is 1. The Labute approximate surface area is 68.6 Å². The maximum atomic E-state index is 8.64. The van der Waals surface area contributed by atoms with Gasteiger partial charge in [0.25, 0.3) is 0 Å². The zero-order chi connectivity index (χ0) is 8.48. The molecule has 0 aromatic heterocycles. The molecule has 0 bridgehead atoms. The molecule has 1 saturated heterocycles. The molecule has 0 radical (unpaired) electrons. The fourth-order valence-electron chi connectivity index (χ4n) is 1.53. The second kappa shape index (κ2) is 2.83. The third-order valence-corrected chi connectivity index (χ3v) is 2.35. The largest absolute Gasteiger partial charge is 0.299 e. The SMILES string of the molecule is CC(C)(C)C1CCC(C#N)N1. The van der Waals surface area contributed by atoms with Crippen LogP contribution in [-0.4, -0.2) is 12.1 Å². The van der Waals surface area contributed by atoms with Gasteiger partial charge in [-0.2, -0.15) is 5.26 Å². The van der Waals surface area contributed by atoms with Crippen molar-refractivity contribution in [2.24, 2.45) is 5.41 Å². The minimum absolute atomic E-state index is 0.0965. The van der Waals surface area contributed by atoms with Gasteiger partial charge in [-0.3, -0.25) is 5.32 Å². The van der Waals surface area contributed by atoms with Gasteiger partial charge in [0.2, 0.25) is 0 Å².